The van der Waals surface area contributed by atoms with Gasteiger partial charge in [0.1, 0.15) is 0 Å². The summed E-state index contributed by atoms with van der Waals surface area (Å²) < 4.78 is 0. The number of carbonyl (C=O) groups is 3. The molecule has 4 N–H and O–H groups in total. The molecular weight excluding hydrogens is 356 g/mol. The first-order chi connectivity index (χ1) is 13.4. The van der Waals surface area contributed by atoms with E-state index in [1.807, 2.05) is 20.8 Å². The summed E-state index contributed by atoms with van der Waals surface area (Å²) >= 11 is 0. The number of anilines is 3. The van der Waals surface area contributed by atoms with E-state index in [4.69, 9.17) is 0 Å². The molecule has 0 atom stereocenters. The Bertz CT molecular complexity index is 832. The normalized spacial score (nSPS) is 10.3. The predicted octanol–water partition coefficient (Wildman–Crippen LogP) is 3.08. The van der Waals surface area contributed by atoms with Crippen molar-refractivity contribution in [3.05, 3.63) is 54.1 Å². The van der Waals surface area contributed by atoms with E-state index >= 15 is 0 Å². The minimum Gasteiger partial charge on any atom is -0.376 e. The minimum absolute atomic E-state index is 0.0594. The smallest absolute Gasteiger partial charge is 0.251 e. The lowest BCUT2D eigenvalue weighted by atomic mass is 10.2. The lowest BCUT2D eigenvalue weighted by Crippen LogP contribution is -2.23. The molecule has 148 valence electrons. The molecule has 0 aliphatic carbocycles. The van der Waals surface area contributed by atoms with Crippen LogP contribution >= 0.6 is 0 Å². The molecule has 3 amide bonds. The van der Waals surface area contributed by atoms with Crippen LogP contribution in [0.25, 0.3) is 0 Å². The van der Waals surface area contributed by atoms with E-state index in [9.17, 15) is 14.4 Å². The summed E-state index contributed by atoms with van der Waals surface area (Å²) in [5.41, 5.74) is 2.53. The Morgan fingerprint density at radius 3 is 2.14 bits per heavy atom. The fourth-order valence-corrected chi connectivity index (χ4v) is 2.34. The van der Waals surface area contributed by atoms with Gasteiger partial charge < -0.3 is 21.3 Å². The molecule has 0 aliphatic heterocycles. The third-order valence-corrected chi connectivity index (χ3v) is 3.88. The molecule has 2 aromatic rings. The van der Waals surface area contributed by atoms with Crippen LogP contribution in [0.1, 0.15) is 31.1 Å². The maximum Gasteiger partial charge on any atom is 0.251 e. The topological polar surface area (TPSA) is 99.3 Å². The first-order valence-corrected chi connectivity index (χ1v) is 9.22. The molecule has 0 unspecified atom stereocenters. The minimum atomic E-state index is -0.220. The van der Waals surface area contributed by atoms with E-state index < -0.39 is 0 Å². The van der Waals surface area contributed by atoms with Crippen LogP contribution in [-0.2, 0) is 9.59 Å². The zero-order valence-electron chi connectivity index (χ0n) is 16.3. The van der Waals surface area contributed by atoms with Crippen LogP contribution in [0, 0.1) is 5.92 Å². The van der Waals surface area contributed by atoms with Crippen molar-refractivity contribution in [1.29, 1.82) is 0 Å². The Kier molecular flexibility index (Phi) is 7.56. The molecule has 0 radical (unpaired) electrons. The summed E-state index contributed by atoms with van der Waals surface area (Å²) in [7, 11) is 0. The maximum absolute atomic E-state index is 12.1. The van der Waals surface area contributed by atoms with Crippen LogP contribution < -0.4 is 21.3 Å². The standard InChI is InChI=1S/C21H26N4O3/c1-4-22-21(28)15-6-5-7-18(12-15)23-13-19(26)24-16-8-10-17(11-9-16)25-20(27)14(2)3/h5-12,14,23H,4,13H2,1-3H3,(H,22,28)(H,24,26)(H,25,27). The summed E-state index contributed by atoms with van der Waals surface area (Å²) in [6.07, 6.45) is 0. The fourth-order valence-electron chi connectivity index (χ4n) is 2.34. The van der Waals surface area contributed by atoms with Gasteiger partial charge in [0.25, 0.3) is 5.91 Å². The molecule has 2 rings (SSSR count). The second-order valence-electron chi connectivity index (χ2n) is 6.56. The summed E-state index contributed by atoms with van der Waals surface area (Å²) in [6, 6.07) is 13.9. The van der Waals surface area contributed by atoms with E-state index in [0.717, 1.165) is 0 Å². The molecule has 7 heteroatoms. The second-order valence-corrected chi connectivity index (χ2v) is 6.56. The van der Waals surface area contributed by atoms with E-state index in [0.29, 0.717) is 29.2 Å². The molecule has 0 saturated carbocycles. The van der Waals surface area contributed by atoms with Gasteiger partial charge in [-0.1, -0.05) is 19.9 Å². The van der Waals surface area contributed by atoms with Gasteiger partial charge in [0.05, 0.1) is 6.54 Å². The van der Waals surface area contributed by atoms with E-state index in [1.54, 1.807) is 48.5 Å². The highest BCUT2D eigenvalue weighted by Gasteiger charge is 2.08. The average Bonchev–Trinajstić information content (AvgIpc) is 2.68. The summed E-state index contributed by atoms with van der Waals surface area (Å²) in [5, 5.41) is 11.3. The molecule has 0 spiro atoms. The third-order valence-electron chi connectivity index (χ3n) is 3.88. The van der Waals surface area contributed by atoms with Crippen LogP contribution in [0.15, 0.2) is 48.5 Å². The predicted molar refractivity (Wildman–Crippen MR) is 111 cm³/mol. The van der Waals surface area contributed by atoms with Crippen molar-refractivity contribution in [3.63, 3.8) is 0 Å². The largest absolute Gasteiger partial charge is 0.376 e. The monoisotopic (exact) mass is 382 g/mol. The average molecular weight is 382 g/mol. The van der Waals surface area contributed by atoms with Gasteiger partial charge in [-0.05, 0) is 49.4 Å². The highest BCUT2D eigenvalue weighted by molar-refractivity contribution is 5.96. The molecule has 0 saturated heterocycles. The Morgan fingerprint density at radius 2 is 1.54 bits per heavy atom. The Morgan fingerprint density at radius 1 is 0.893 bits per heavy atom. The lowest BCUT2D eigenvalue weighted by molar-refractivity contribution is -0.119. The Hall–Kier alpha value is -3.35. The molecule has 0 fully saturated rings. The van der Waals surface area contributed by atoms with Crippen molar-refractivity contribution >= 4 is 34.8 Å². The number of nitrogens with one attached hydrogen (secondary N) is 4. The van der Waals surface area contributed by atoms with Crippen LogP contribution in [0.5, 0.6) is 0 Å². The number of hydrogen-bond donors (Lipinski definition) is 4. The lowest BCUT2D eigenvalue weighted by Gasteiger charge is -2.11. The number of amides is 3. The summed E-state index contributed by atoms with van der Waals surface area (Å²) in [4.78, 5) is 35.7. The second kappa shape index (κ2) is 10.1. The van der Waals surface area contributed by atoms with E-state index in [2.05, 4.69) is 21.3 Å². The highest BCUT2D eigenvalue weighted by atomic mass is 16.2. The van der Waals surface area contributed by atoms with Crippen LogP contribution in [0.2, 0.25) is 0 Å². The number of rotatable bonds is 8. The summed E-state index contributed by atoms with van der Waals surface area (Å²) in [6.45, 7) is 6.12. The van der Waals surface area contributed by atoms with Crippen LogP contribution in [0.4, 0.5) is 17.1 Å². The van der Waals surface area contributed by atoms with Gasteiger partial charge >= 0.3 is 0 Å². The fraction of sp³-hybridized carbons (Fsp3) is 0.286. The van der Waals surface area contributed by atoms with Gasteiger partial charge in [-0.2, -0.15) is 0 Å². The first-order valence-electron chi connectivity index (χ1n) is 9.22. The van der Waals surface area contributed by atoms with Crippen molar-refractivity contribution in [3.8, 4) is 0 Å². The van der Waals surface area contributed by atoms with Crippen molar-refractivity contribution in [2.24, 2.45) is 5.92 Å². The number of hydrogen-bond acceptors (Lipinski definition) is 4. The Labute approximate surface area is 164 Å². The quantitative estimate of drug-likeness (QED) is 0.564. The van der Waals surface area contributed by atoms with Gasteiger partial charge in [-0.15, -0.1) is 0 Å². The van der Waals surface area contributed by atoms with E-state index in [1.165, 1.54) is 0 Å². The molecule has 7 nitrogen and oxygen atoms in total. The van der Waals surface area contributed by atoms with E-state index in [-0.39, 0.29) is 30.2 Å². The zero-order chi connectivity index (χ0) is 20.5. The van der Waals surface area contributed by atoms with Gasteiger partial charge in [0.15, 0.2) is 0 Å². The zero-order valence-corrected chi connectivity index (χ0v) is 16.3. The Balaban J connectivity index is 1.86. The molecule has 0 heterocycles. The molecule has 0 aromatic heterocycles. The third kappa shape index (κ3) is 6.42. The maximum atomic E-state index is 12.1. The van der Waals surface area contributed by atoms with Gasteiger partial charge in [0, 0.05) is 35.1 Å². The molecule has 0 bridgehead atoms. The van der Waals surface area contributed by atoms with Crippen LogP contribution in [-0.4, -0.2) is 30.8 Å². The van der Waals surface area contributed by atoms with Crippen molar-refractivity contribution in [2.75, 3.05) is 29.0 Å². The van der Waals surface area contributed by atoms with Gasteiger partial charge in [0.2, 0.25) is 11.8 Å². The molecule has 0 aliphatic rings. The SMILES string of the molecule is CCNC(=O)c1cccc(NCC(=O)Nc2ccc(NC(=O)C(C)C)cc2)c1. The van der Waals surface area contributed by atoms with Crippen molar-refractivity contribution in [2.45, 2.75) is 20.8 Å². The first kappa shape index (κ1) is 21.0. The van der Waals surface area contributed by atoms with Gasteiger partial charge in [-0.3, -0.25) is 14.4 Å². The van der Waals surface area contributed by atoms with Crippen LogP contribution in [0.3, 0.4) is 0 Å². The van der Waals surface area contributed by atoms with Crippen molar-refractivity contribution < 1.29 is 14.4 Å². The van der Waals surface area contributed by atoms with Gasteiger partial charge in [-0.25, -0.2) is 0 Å². The van der Waals surface area contributed by atoms with Crippen molar-refractivity contribution in [1.82, 2.24) is 5.32 Å². The summed E-state index contributed by atoms with van der Waals surface area (Å²) in [5.74, 6) is -0.532. The molecule has 2 aromatic carbocycles. The highest BCUT2D eigenvalue weighted by Crippen LogP contribution is 2.15. The molecular formula is C21H26N4O3. The molecule has 28 heavy (non-hydrogen) atoms. The number of benzene rings is 2. The number of carbonyl (C=O) groups excluding carboxylic acids is 3.